The van der Waals surface area contributed by atoms with Crippen molar-refractivity contribution >= 4 is 40.8 Å². The number of rotatable bonds is 10. The summed E-state index contributed by atoms with van der Waals surface area (Å²) in [6, 6.07) is 8.03. The lowest BCUT2D eigenvalue weighted by atomic mass is 10.0. The largest absolute Gasteiger partial charge is 0.490 e. The van der Waals surface area contributed by atoms with Gasteiger partial charge in [-0.25, -0.2) is 0 Å². The van der Waals surface area contributed by atoms with Gasteiger partial charge in [0.15, 0.2) is 11.5 Å². The molecule has 8 heteroatoms. The smallest absolute Gasteiger partial charge is 0.320 e. The van der Waals surface area contributed by atoms with E-state index >= 15 is 0 Å². The van der Waals surface area contributed by atoms with Crippen molar-refractivity contribution in [1.82, 2.24) is 5.32 Å². The number of carbonyl (C=O) groups is 1. The summed E-state index contributed by atoms with van der Waals surface area (Å²) in [6.45, 7) is 6.51. The summed E-state index contributed by atoms with van der Waals surface area (Å²) in [7, 11) is 0. The maximum atomic E-state index is 11.4. The molecule has 0 heterocycles. The van der Waals surface area contributed by atoms with Crippen LogP contribution in [0.1, 0.15) is 31.9 Å². The predicted octanol–water partition coefficient (Wildman–Crippen LogP) is 5.82. The van der Waals surface area contributed by atoms with E-state index in [9.17, 15) is 9.90 Å². The van der Waals surface area contributed by atoms with E-state index in [1.54, 1.807) is 30.3 Å². The normalized spacial score (nSPS) is 12.1. The van der Waals surface area contributed by atoms with Crippen LogP contribution in [0.15, 0.2) is 30.3 Å². The number of aliphatic carboxylic acids is 1. The van der Waals surface area contributed by atoms with Crippen LogP contribution in [-0.2, 0) is 17.9 Å². The molecule has 1 unspecified atom stereocenters. The number of carboxylic acids is 1. The van der Waals surface area contributed by atoms with E-state index in [2.05, 4.69) is 5.32 Å². The molecular weight excluding hydrogens is 437 g/mol. The molecule has 2 aromatic rings. The Morgan fingerprint density at radius 2 is 1.83 bits per heavy atom. The van der Waals surface area contributed by atoms with Crippen molar-refractivity contribution < 1.29 is 19.4 Å². The molecule has 0 aliphatic carbocycles. The molecule has 0 aromatic heterocycles. The van der Waals surface area contributed by atoms with Gasteiger partial charge in [-0.3, -0.25) is 4.79 Å². The van der Waals surface area contributed by atoms with Crippen molar-refractivity contribution in [3.05, 3.63) is 56.5 Å². The summed E-state index contributed by atoms with van der Waals surface area (Å²) in [5.41, 5.74) is 1.56. The quantitative estimate of drug-likeness (QED) is 0.467. The van der Waals surface area contributed by atoms with E-state index in [1.807, 2.05) is 20.8 Å². The zero-order chi connectivity index (χ0) is 21.6. The highest BCUT2D eigenvalue weighted by molar-refractivity contribution is 6.35. The second-order valence-electron chi connectivity index (χ2n) is 6.80. The molecule has 158 valence electrons. The van der Waals surface area contributed by atoms with Gasteiger partial charge >= 0.3 is 5.97 Å². The Labute approximate surface area is 185 Å². The number of halogens is 3. The monoisotopic (exact) mass is 459 g/mol. The maximum absolute atomic E-state index is 11.4. The fraction of sp³-hybridized carbons (Fsp3) is 0.381. The van der Waals surface area contributed by atoms with E-state index in [4.69, 9.17) is 44.3 Å². The molecule has 5 nitrogen and oxygen atoms in total. The van der Waals surface area contributed by atoms with Gasteiger partial charge in [0.05, 0.1) is 11.6 Å². The van der Waals surface area contributed by atoms with Gasteiger partial charge < -0.3 is 19.9 Å². The molecule has 29 heavy (non-hydrogen) atoms. The van der Waals surface area contributed by atoms with Gasteiger partial charge in [-0.15, -0.1) is 0 Å². The molecule has 0 amide bonds. The highest BCUT2D eigenvalue weighted by Gasteiger charge is 2.21. The minimum absolute atomic E-state index is 0.0546. The first-order valence-electron chi connectivity index (χ1n) is 9.21. The zero-order valence-corrected chi connectivity index (χ0v) is 18.7. The van der Waals surface area contributed by atoms with Crippen LogP contribution < -0.4 is 14.8 Å². The highest BCUT2D eigenvalue weighted by atomic mass is 35.5. The Balaban J connectivity index is 2.19. The first-order valence-corrected chi connectivity index (χ1v) is 10.3. The summed E-state index contributed by atoms with van der Waals surface area (Å²) in [5.74, 6) is -0.0581. The van der Waals surface area contributed by atoms with Crippen molar-refractivity contribution in [2.75, 3.05) is 6.61 Å². The van der Waals surface area contributed by atoms with Crippen molar-refractivity contribution in [3.8, 4) is 11.5 Å². The maximum Gasteiger partial charge on any atom is 0.320 e. The molecule has 0 saturated carbocycles. The SMILES string of the molecule is CCOc1cc(CNC(C(=O)O)C(C)C)cc(Cl)c1OCc1ccc(Cl)cc1Cl. The number of hydrogen-bond donors (Lipinski definition) is 2. The first-order chi connectivity index (χ1) is 13.7. The fourth-order valence-corrected chi connectivity index (χ4v) is 3.50. The molecule has 0 spiro atoms. The topological polar surface area (TPSA) is 67.8 Å². The van der Waals surface area contributed by atoms with Gasteiger partial charge in [-0.1, -0.05) is 54.7 Å². The Kier molecular flexibility index (Phi) is 8.90. The molecule has 0 saturated heterocycles. The molecule has 2 rings (SSSR count). The van der Waals surface area contributed by atoms with E-state index < -0.39 is 12.0 Å². The lowest BCUT2D eigenvalue weighted by molar-refractivity contribution is -0.140. The van der Waals surface area contributed by atoms with Gasteiger partial charge in [0.25, 0.3) is 0 Å². The molecular formula is C21H24Cl3NO4. The van der Waals surface area contributed by atoms with Crippen LogP contribution in [0.2, 0.25) is 15.1 Å². The molecule has 0 radical (unpaired) electrons. The Bertz CT molecular complexity index is 858. The summed E-state index contributed by atoms with van der Waals surface area (Å²) in [4.78, 5) is 11.4. The number of carboxylic acid groups (broad SMARTS) is 1. The lowest BCUT2D eigenvalue weighted by Gasteiger charge is -2.19. The Morgan fingerprint density at radius 3 is 2.41 bits per heavy atom. The van der Waals surface area contributed by atoms with Gasteiger partial charge in [-0.2, -0.15) is 0 Å². The Hall–Kier alpha value is -1.66. The third-order valence-electron chi connectivity index (χ3n) is 4.22. The van der Waals surface area contributed by atoms with E-state index in [1.165, 1.54) is 0 Å². The van der Waals surface area contributed by atoms with Crippen LogP contribution in [0, 0.1) is 5.92 Å². The number of ether oxygens (including phenoxy) is 2. The number of benzene rings is 2. The van der Waals surface area contributed by atoms with Crippen LogP contribution in [0.5, 0.6) is 11.5 Å². The highest BCUT2D eigenvalue weighted by Crippen LogP contribution is 2.37. The van der Waals surface area contributed by atoms with Crippen LogP contribution in [0.4, 0.5) is 0 Å². The molecule has 0 aliphatic heterocycles. The summed E-state index contributed by atoms with van der Waals surface area (Å²) >= 11 is 18.6. The summed E-state index contributed by atoms with van der Waals surface area (Å²) in [6.07, 6.45) is 0. The third kappa shape index (κ3) is 6.68. The second-order valence-corrected chi connectivity index (χ2v) is 8.05. The van der Waals surface area contributed by atoms with Crippen LogP contribution in [-0.4, -0.2) is 23.7 Å². The van der Waals surface area contributed by atoms with Crippen molar-refractivity contribution in [3.63, 3.8) is 0 Å². The summed E-state index contributed by atoms with van der Waals surface area (Å²) in [5, 5.41) is 13.8. The zero-order valence-electron chi connectivity index (χ0n) is 16.5. The van der Waals surface area contributed by atoms with E-state index in [0.717, 1.165) is 11.1 Å². The Morgan fingerprint density at radius 1 is 1.10 bits per heavy atom. The van der Waals surface area contributed by atoms with Crippen molar-refractivity contribution in [2.24, 2.45) is 5.92 Å². The predicted molar refractivity (Wildman–Crippen MR) is 117 cm³/mol. The van der Waals surface area contributed by atoms with Gasteiger partial charge in [-0.05, 0) is 42.7 Å². The van der Waals surface area contributed by atoms with Gasteiger partial charge in [0.2, 0.25) is 0 Å². The standard InChI is InChI=1S/C21H24Cl3NO4/c1-4-28-18-8-13(10-25-19(12(2)3)21(26)27)7-17(24)20(18)29-11-14-5-6-15(22)9-16(14)23/h5-9,12,19,25H,4,10-11H2,1-3H3,(H,26,27). The summed E-state index contributed by atoms with van der Waals surface area (Å²) < 4.78 is 11.6. The molecule has 2 N–H and O–H groups in total. The van der Waals surface area contributed by atoms with Gasteiger partial charge in [0, 0.05) is 22.2 Å². The molecule has 0 aliphatic rings. The van der Waals surface area contributed by atoms with Crippen LogP contribution in [0.3, 0.4) is 0 Å². The van der Waals surface area contributed by atoms with Crippen molar-refractivity contribution in [2.45, 2.75) is 40.0 Å². The fourth-order valence-electron chi connectivity index (χ4n) is 2.75. The lowest BCUT2D eigenvalue weighted by Crippen LogP contribution is -2.40. The van der Waals surface area contributed by atoms with Crippen LogP contribution >= 0.6 is 34.8 Å². The van der Waals surface area contributed by atoms with E-state index in [0.29, 0.717) is 39.7 Å². The molecule has 1 atom stereocenters. The third-order valence-corrected chi connectivity index (χ3v) is 5.08. The minimum atomic E-state index is -0.893. The van der Waals surface area contributed by atoms with E-state index in [-0.39, 0.29) is 12.5 Å². The molecule has 2 aromatic carbocycles. The number of nitrogens with one attached hydrogen (secondary N) is 1. The first kappa shape index (κ1) is 23.6. The molecule has 0 bridgehead atoms. The molecule has 0 fully saturated rings. The average molecular weight is 461 g/mol. The van der Waals surface area contributed by atoms with Gasteiger partial charge in [0.1, 0.15) is 12.6 Å². The average Bonchev–Trinajstić information content (AvgIpc) is 2.62. The number of hydrogen-bond acceptors (Lipinski definition) is 4. The van der Waals surface area contributed by atoms with Crippen molar-refractivity contribution in [1.29, 1.82) is 0 Å². The second kappa shape index (κ2) is 10.9. The minimum Gasteiger partial charge on any atom is -0.490 e. The van der Waals surface area contributed by atoms with Crippen LogP contribution in [0.25, 0.3) is 0 Å².